The Morgan fingerprint density at radius 1 is 0.750 bits per heavy atom. The molecule has 0 bridgehead atoms. The summed E-state index contributed by atoms with van der Waals surface area (Å²) in [6.45, 7) is 4.14. The van der Waals surface area contributed by atoms with Gasteiger partial charge in [-0.25, -0.2) is 0 Å². The molecule has 3 aromatic carbocycles. The highest BCUT2D eigenvalue weighted by atomic mass is 16.3. The molecule has 1 heterocycles. The fraction of sp³-hybridized carbons (Fsp3) is 0.111. The molecule has 0 fully saturated rings. The lowest BCUT2D eigenvalue weighted by molar-refractivity contribution is 0.548. The van der Waals surface area contributed by atoms with E-state index in [-0.39, 0.29) is 5.92 Å². The van der Waals surface area contributed by atoms with Crippen LogP contribution in [0.3, 0.4) is 0 Å². The van der Waals surface area contributed by atoms with Gasteiger partial charge in [-0.15, -0.1) is 0 Å². The molecule has 1 aliphatic rings. The molecule has 28 heavy (non-hydrogen) atoms. The maximum absolute atomic E-state index is 6.02. The molecule has 1 unspecified atom stereocenters. The lowest BCUT2D eigenvalue weighted by Gasteiger charge is -2.16. The minimum atomic E-state index is 0.287. The van der Waals surface area contributed by atoms with E-state index in [0.29, 0.717) is 0 Å². The molecule has 0 amide bonds. The van der Waals surface area contributed by atoms with Crippen molar-refractivity contribution in [1.29, 1.82) is 0 Å². The molecule has 0 saturated heterocycles. The van der Waals surface area contributed by atoms with Crippen molar-refractivity contribution in [3.05, 3.63) is 113 Å². The summed E-state index contributed by atoms with van der Waals surface area (Å²) in [6.07, 6.45) is 4.55. The molecule has 1 nitrogen and oxygen atoms in total. The predicted molar refractivity (Wildman–Crippen MR) is 116 cm³/mol. The first-order chi connectivity index (χ1) is 13.7. The molecule has 136 valence electrons. The summed E-state index contributed by atoms with van der Waals surface area (Å²) in [6, 6.07) is 28.1. The third-order valence-electron chi connectivity index (χ3n) is 5.54. The van der Waals surface area contributed by atoms with E-state index in [1.807, 2.05) is 13.0 Å². The largest absolute Gasteiger partial charge is 0.461 e. The van der Waals surface area contributed by atoms with Crippen LogP contribution >= 0.6 is 0 Å². The van der Waals surface area contributed by atoms with E-state index in [0.717, 1.165) is 17.1 Å². The van der Waals surface area contributed by atoms with Crippen molar-refractivity contribution in [2.24, 2.45) is 0 Å². The first-order valence-electron chi connectivity index (χ1n) is 9.74. The Bertz CT molecular complexity index is 1180. The number of rotatable bonds is 3. The van der Waals surface area contributed by atoms with Crippen LogP contribution in [0.15, 0.2) is 89.4 Å². The van der Waals surface area contributed by atoms with E-state index in [4.69, 9.17) is 4.42 Å². The van der Waals surface area contributed by atoms with Crippen LogP contribution in [0.2, 0.25) is 0 Å². The van der Waals surface area contributed by atoms with Gasteiger partial charge in [-0.05, 0) is 59.9 Å². The summed E-state index contributed by atoms with van der Waals surface area (Å²) < 4.78 is 6.02. The monoisotopic (exact) mass is 362 g/mol. The van der Waals surface area contributed by atoms with Gasteiger partial charge in [-0.1, -0.05) is 78.4 Å². The smallest absolute Gasteiger partial charge is 0.134 e. The zero-order valence-electron chi connectivity index (χ0n) is 16.1. The maximum atomic E-state index is 6.02. The molecule has 1 aromatic heterocycles. The van der Waals surface area contributed by atoms with Gasteiger partial charge in [-0.3, -0.25) is 0 Å². The normalized spacial score (nSPS) is 15.0. The van der Waals surface area contributed by atoms with Gasteiger partial charge in [0.25, 0.3) is 0 Å². The highest BCUT2D eigenvalue weighted by Crippen LogP contribution is 2.40. The molecule has 0 saturated carbocycles. The molecule has 0 radical (unpaired) electrons. The van der Waals surface area contributed by atoms with Crippen molar-refractivity contribution in [3.63, 3.8) is 0 Å². The number of benzene rings is 3. The minimum Gasteiger partial charge on any atom is -0.461 e. The Morgan fingerprint density at radius 2 is 1.61 bits per heavy atom. The van der Waals surface area contributed by atoms with Gasteiger partial charge in [0, 0.05) is 11.5 Å². The van der Waals surface area contributed by atoms with E-state index >= 15 is 0 Å². The van der Waals surface area contributed by atoms with Gasteiger partial charge in [0.15, 0.2) is 0 Å². The zero-order chi connectivity index (χ0) is 19.1. The van der Waals surface area contributed by atoms with Crippen LogP contribution in [0.5, 0.6) is 0 Å². The van der Waals surface area contributed by atoms with Crippen LogP contribution in [-0.2, 0) is 0 Å². The molecule has 0 spiro atoms. The summed E-state index contributed by atoms with van der Waals surface area (Å²) >= 11 is 0. The number of allylic oxidation sites excluding steroid dienone is 1. The van der Waals surface area contributed by atoms with Crippen LogP contribution in [0, 0.1) is 13.8 Å². The molecular formula is C27H22O. The van der Waals surface area contributed by atoms with Crippen LogP contribution in [0.25, 0.3) is 28.5 Å². The number of hydrogen-bond donors (Lipinski definition) is 0. The lowest BCUT2D eigenvalue weighted by Crippen LogP contribution is -1.97. The number of aryl methyl sites for hydroxylation is 2. The first-order valence-corrected chi connectivity index (χ1v) is 9.74. The highest BCUT2D eigenvalue weighted by Gasteiger charge is 2.21. The Kier molecular flexibility index (Phi) is 4.02. The molecule has 0 N–H and O–H groups in total. The molecule has 1 atom stereocenters. The van der Waals surface area contributed by atoms with Gasteiger partial charge >= 0.3 is 0 Å². The summed E-state index contributed by atoms with van der Waals surface area (Å²) in [5, 5.41) is 0. The fourth-order valence-electron chi connectivity index (χ4n) is 4.12. The Balaban J connectivity index is 1.65. The van der Waals surface area contributed by atoms with Crippen LogP contribution < -0.4 is 0 Å². The zero-order valence-corrected chi connectivity index (χ0v) is 16.1. The lowest BCUT2D eigenvalue weighted by atomic mass is 9.88. The Labute approximate surface area is 166 Å². The van der Waals surface area contributed by atoms with E-state index in [9.17, 15) is 0 Å². The third kappa shape index (κ3) is 2.90. The number of fused-ring (bicyclic) bond motifs is 1. The quantitative estimate of drug-likeness (QED) is 0.370. The molecule has 1 aliphatic carbocycles. The SMILES string of the molecule is Cc1ccc2c(c1)C=CC2c1ccc(-c2ccccc2)c(-c2ccc(C)o2)c1. The van der Waals surface area contributed by atoms with Crippen molar-refractivity contribution in [2.45, 2.75) is 19.8 Å². The van der Waals surface area contributed by atoms with Crippen LogP contribution in [0.1, 0.15) is 33.9 Å². The second-order valence-electron chi connectivity index (χ2n) is 7.55. The van der Waals surface area contributed by atoms with E-state index in [2.05, 4.69) is 91.9 Å². The average molecular weight is 362 g/mol. The van der Waals surface area contributed by atoms with Crippen molar-refractivity contribution in [3.8, 4) is 22.5 Å². The average Bonchev–Trinajstić information content (AvgIpc) is 3.34. The third-order valence-corrected chi connectivity index (χ3v) is 5.54. The van der Waals surface area contributed by atoms with E-state index < -0.39 is 0 Å². The molecule has 5 rings (SSSR count). The van der Waals surface area contributed by atoms with Gasteiger partial charge in [-0.2, -0.15) is 0 Å². The number of furan rings is 1. The molecule has 4 aromatic rings. The number of hydrogen-bond acceptors (Lipinski definition) is 1. The standard InChI is InChI=1S/C27H22O/c1-18-8-12-24-21(16-18)10-14-25(24)22-11-13-23(20-6-4-3-5-7-20)26(17-22)27-15-9-19(2)28-27/h3-17,25H,1-2H3. The van der Waals surface area contributed by atoms with Gasteiger partial charge in [0.1, 0.15) is 11.5 Å². The minimum absolute atomic E-state index is 0.287. The maximum Gasteiger partial charge on any atom is 0.134 e. The second-order valence-corrected chi connectivity index (χ2v) is 7.55. The second kappa shape index (κ2) is 6.69. The van der Waals surface area contributed by atoms with Gasteiger partial charge in [0.05, 0.1) is 0 Å². The van der Waals surface area contributed by atoms with E-state index in [1.54, 1.807) is 0 Å². The van der Waals surface area contributed by atoms with Gasteiger partial charge in [0.2, 0.25) is 0 Å². The molecule has 1 heteroatoms. The van der Waals surface area contributed by atoms with Crippen LogP contribution in [0.4, 0.5) is 0 Å². The van der Waals surface area contributed by atoms with E-state index in [1.165, 1.54) is 33.4 Å². The predicted octanol–water partition coefficient (Wildman–Crippen LogP) is 7.39. The molecular weight excluding hydrogens is 340 g/mol. The highest BCUT2D eigenvalue weighted by molar-refractivity contribution is 5.82. The summed E-state index contributed by atoms with van der Waals surface area (Å²) in [5.74, 6) is 2.14. The van der Waals surface area contributed by atoms with Crippen molar-refractivity contribution >= 4 is 6.08 Å². The summed E-state index contributed by atoms with van der Waals surface area (Å²) in [7, 11) is 0. The topological polar surface area (TPSA) is 13.1 Å². The fourth-order valence-corrected chi connectivity index (χ4v) is 4.12. The van der Waals surface area contributed by atoms with Crippen molar-refractivity contribution < 1.29 is 4.42 Å². The van der Waals surface area contributed by atoms with Crippen molar-refractivity contribution in [2.75, 3.05) is 0 Å². The Morgan fingerprint density at radius 3 is 2.39 bits per heavy atom. The first kappa shape index (κ1) is 16.8. The van der Waals surface area contributed by atoms with Crippen molar-refractivity contribution in [1.82, 2.24) is 0 Å². The summed E-state index contributed by atoms with van der Waals surface area (Å²) in [5.41, 5.74) is 8.84. The molecule has 0 aliphatic heterocycles. The Hall–Kier alpha value is -3.32. The van der Waals surface area contributed by atoms with Gasteiger partial charge < -0.3 is 4.42 Å². The summed E-state index contributed by atoms with van der Waals surface area (Å²) in [4.78, 5) is 0. The van der Waals surface area contributed by atoms with Crippen LogP contribution in [-0.4, -0.2) is 0 Å².